The van der Waals surface area contributed by atoms with Crippen molar-refractivity contribution in [2.24, 2.45) is 0 Å². The number of amides is 1. The van der Waals surface area contributed by atoms with Gasteiger partial charge in [0.05, 0.1) is 15.5 Å². The van der Waals surface area contributed by atoms with E-state index in [2.05, 4.69) is 10.3 Å². The Morgan fingerprint density at radius 3 is 2.83 bits per heavy atom. The van der Waals surface area contributed by atoms with Crippen molar-refractivity contribution in [2.45, 2.75) is 0 Å². The smallest absolute Gasteiger partial charge is 0.307 e. The summed E-state index contributed by atoms with van der Waals surface area (Å²) < 4.78 is 0. The molecule has 2 rings (SSSR count). The molecule has 0 aromatic carbocycles. The van der Waals surface area contributed by atoms with E-state index in [9.17, 15) is 14.9 Å². The molecule has 0 aliphatic carbocycles. The third-order valence-corrected chi connectivity index (χ3v) is 3.10. The van der Waals surface area contributed by atoms with Crippen molar-refractivity contribution in [2.75, 3.05) is 5.32 Å². The van der Waals surface area contributed by atoms with Crippen LogP contribution >= 0.6 is 22.9 Å². The molecular weight excluding hydrogens is 278 g/mol. The zero-order valence-electron chi connectivity index (χ0n) is 8.79. The summed E-state index contributed by atoms with van der Waals surface area (Å²) in [5.74, 6) is -0.118. The Morgan fingerprint density at radius 2 is 2.28 bits per heavy atom. The van der Waals surface area contributed by atoms with Crippen LogP contribution in [0.5, 0.6) is 0 Å². The molecule has 1 amide bonds. The zero-order chi connectivity index (χ0) is 13.1. The number of anilines is 1. The summed E-state index contributed by atoms with van der Waals surface area (Å²) in [6, 6.07) is 4.34. The Labute approximate surface area is 110 Å². The molecule has 0 fully saturated rings. The maximum absolute atomic E-state index is 11.7. The van der Waals surface area contributed by atoms with Crippen LogP contribution in [0.1, 0.15) is 10.4 Å². The first-order valence-electron chi connectivity index (χ1n) is 4.72. The van der Waals surface area contributed by atoms with Gasteiger partial charge in [0, 0.05) is 17.6 Å². The summed E-state index contributed by atoms with van der Waals surface area (Å²) in [5, 5.41) is 14.8. The van der Waals surface area contributed by atoms with Crippen LogP contribution in [0, 0.1) is 10.1 Å². The molecule has 0 spiro atoms. The lowest BCUT2D eigenvalue weighted by molar-refractivity contribution is -0.380. The molecule has 6 nitrogen and oxygen atoms in total. The molecule has 0 radical (unpaired) electrons. The van der Waals surface area contributed by atoms with Gasteiger partial charge in [-0.1, -0.05) is 22.9 Å². The van der Waals surface area contributed by atoms with E-state index in [1.165, 1.54) is 17.6 Å². The van der Waals surface area contributed by atoms with Crippen molar-refractivity contribution in [3.05, 3.63) is 50.5 Å². The molecule has 0 saturated carbocycles. The highest BCUT2D eigenvalue weighted by atomic mass is 35.5. The van der Waals surface area contributed by atoms with E-state index in [4.69, 9.17) is 11.6 Å². The quantitative estimate of drug-likeness (QED) is 0.693. The number of nitrogens with zero attached hydrogens (tertiary/aromatic N) is 2. The Morgan fingerprint density at radius 1 is 1.50 bits per heavy atom. The predicted molar refractivity (Wildman–Crippen MR) is 68.2 cm³/mol. The molecule has 0 saturated heterocycles. The second-order valence-electron chi connectivity index (χ2n) is 3.25. The molecular formula is C10H6ClN3O3S. The number of rotatable bonds is 3. The average molecular weight is 284 g/mol. The molecule has 0 aliphatic heterocycles. The maximum Gasteiger partial charge on any atom is 0.324 e. The van der Waals surface area contributed by atoms with Crippen LogP contribution in [0.2, 0.25) is 5.02 Å². The van der Waals surface area contributed by atoms with Gasteiger partial charge in [-0.15, -0.1) is 0 Å². The van der Waals surface area contributed by atoms with E-state index >= 15 is 0 Å². The molecule has 2 aromatic heterocycles. The fraction of sp³-hybridized carbons (Fsp3) is 0. The SMILES string of the molecule is O=C(Nc1ccc(Cl)cn1)c1csc([N+](=O)[O-])c1. The van der Waals surface area contributed by atoms with Gasteiger partial charge in [0.15, 0.2) is 0 Å². The van der Waals surface area contributed by atoms with Gasteiger partial charge < -0.3 is 5.32 Å². The maximum atomic E-state index is 11.7. The van der Waals surface area contributed by atoms with Crippen molar-refractivity contribution in [3.63, 3.8) is 0 Å². The average Bonchev–Trinajstić information content (AvgIpc) is 2.81. The number of pyridine rings is 1. The molecule has 0 aliphatic rings. The highest BCUT2D eigenvalue weighted by Crippen LogP contribution is 2.23. The lowest BCUT2D eigenvalue weighted by Crippen LogP contribution is -2.11. The fourth-order valence-corrected chi connectivity index (χ4v) is 1.99. The fourth-order valence-electron chi connectivity index (χ4n) is 1.18. The lowest BCUT2D eigenvalue weighted by Gasteiger charge is -2.01. The standard InChI is InChI=1S/C10H6ClN3O3S/c11-7-1-2-8(12-4-7)13-10(15)6-3-9(14(16)17)18-5-6/h1-5H,(H,12,13,15). The van der Waals surface area contributed by atoms with Crippen LogP contribution in [0.4, 0.5) is 10.8 Å². The van der Waals surface area contributed by atoms with Crippen LogP contribution in [0.15, 0.2) is 29.8 Å². The molecule has 2 aromatic rings. The van der Waals surface area contributed by atoms with Gasteiger partial charge in [-0.25, -0.2) is 4.98 Å². The van der Waals surface area contributed by atoms with Crippen molar-refractivity contribution in [1.82, 2.24) is 4.98 Å². The highest BCUT2D eigenvalue weighted by Gasteiger charge is 2.15. The van der Waals surface area contributed by atoms with Crippen molar-refractivity contribution < 1.29 is 9.72 Å². The van der Waals surface area contributed by atoms with Gasteiger partial charge in [-0.05, 0) is 12.1 Å². The molecule has 2 heterocycles. The summed E-state index contributed by atoms with van der Waals surface area (Å²) in [7, 11) is 0. The molecule has 8 heteroatoms. The molecule has 0 unspecified atom stereocenters. The second kappa shape index (κ2) is 5.11. The number of hydrogen-bond acceptors (Lipinski definition) is 5. The predicted octanol–water partition coefficient (Wildman–Crippen LogP) is 2.96. The monoisotopic (exact) mass is 283 g/mol. The van der Waals surface area contributed by atoms with E-state index in [-0.39, 0.29) is 10.6 Å². The molecule has 92 valence electrons. The number of carbonyl (C=O) groups is 1. The minimum atomic E-state index is -0.540. The second-order valence-corrected chi connectivity index (χ2v) is 4.57. The minimum Gasteiger partial charge on any atom is -0.307 e. The van der Waals surface area contributed by atoms with Crippen molar-refractivity contribution >= 4 is 39.7 Å². The van der Waals surface area contributed by atoms with Crippen LogP contribution in [-0.2, 0) is 0 Å². The summed E-state index contributed by atoms with van der Waals surface area (Å²) in [4.78, 5) is 25.6. The molecule has 0 atom stereocenters. The van der Waals surface area contributed by atoms with Gasteiger partial charge in [-0.3, -0.25) is 14.9 Å². The van der Waals surface area contributed by atoms with E-state index < -0.39 is 10.8 Å². The van der Waals surface area contributed by atoms with Gasteiger partial charge in [0.1, 0.15) is 5.82 Å². The van der Waals surface area contributed by atoms with E-state index in [0.29, 0.717) is 10.8 Å². The Bertz CT molecular complexity index is 597. The third-order valence-electron chi connectivity index (χ3n) is 2.00. The lowest BCUT2D eigenvalue weighted by atomic mass is 10.3. The Hall–Kier alpha value is -1.99. The number of aromatic nitrogens is 1. The van der Waals surface area contributed by atoms with Crippen molar-refractivity contribution in [3.8, 4) is 0 Å². The summed E-state index contributed by atoms with van der Waals surface area (Å²) in [5.41, 5.74) is 0.225. The highest BCUT2D eigenvalue weighted by molar-refractivity contribution is 7.13. The van der Waals surface area contributed by atoms with Crippen LogP contribution in [0.3, 0.4) is 0 Å². The van der Waals surface area contributed by atoms with Gasteiger partial charge in [-0.2, -0.15) is 0 Å². The number of thiophene rings is 1. The number of halogens is 1. The van der Waals surface area contributed by atoms with Gasteiger partial charge >= 0.3 is 5.00 Å². The number of carbonyl (C=O) groups excluding carboxylic acids is 1. The summed E-state index contributed by atoms with van der Waals surface area (Å²) >= 11 is 6.55. The van der Waals surface area contributed by atoms with Crippen molar-refractivity contribution in [1.29, 1.82) is 0 Å². The first-order valence-corrected chi connectivity index (χ1v) is 5.98. The largest absolute Gasteiger partial charge is 0.324 e. The summed E-state index contributed by atoms with van der Waals surface area (Å²) in [6.45, 7) is 0. The number of hydrogen-bond donors (Lipinski definition) is 1. The van der Waals surface area contributed by atoms with Crippen LogP contribution < -0.4 is 5.32 Å². The Kier molecular flexibility index (Phi) is 3.54. The van der Waals surface area contributed by atoms with Crippen LogP contribution in [-0.4, -0.2) is 15.8 Å². The normalized spacial score (nSPS) is 10.1. The molecule has 1 N–H and O–H groups in total. The first-order chi connectivity index (χ1) is 8.56. The topological polar surface area (TPSA) is 85.1 Å². The third kappa shape index (κ3) is 2.82. The van der Waals surface area contributed by atoms with Gasteiger partial charge in [0.2, 0.25) is 0 Å². The van der Waals surface area contributed by atoms with Gasteiger partial charge in [0.25, 0.3) is 5.91 Å². The number of nitro groups is 1. The van der Waals surface area contributed by atoms with E-state index in [1.54, 1.807) is 12.1 Å². The Balaban J connectivity index is 2.11. The number of nitrogens with one attached hydrogen (secondary N) is 1. The van der Waals surface area contributed by atoms with E-state index in [0.717, 1.165) is 11.3 Å². The molecule has 18 heavy (non-hydrogen) atoms. The summed E-state index contributed by atoms with van der Waals surface area (Å²) in [6.07, 6.45) is 1.40. The minimum absolute atomic E-state index is 0.0794. The van der Waals surface area contributed by atoms with E-state index in [1.807, 2.05) is 0 Å². The first kappa shape index (κ1) is 12.5. The zero-order valence-corrected chi connectivity index (χ0v) is 10.4. The van der Waals surface area contributed by atoms with Crippen LogP contribution in [0.25, 0.3) is 0 Å². The molecule has 0 bridgehead atoms.